The van der Waals surface area contributed by atoms with Gasteiger partial charge in [0.25, 0.3) is 0 Å². The highest BCUT2D eigenvalue weighted by atomic mass is 16.5. The fourth-order valence-corrected chi connectivity index (χ4v) is 2.06. The molecular weight excluding hydrogens is 190 g/mol. The number of rotatable bonds is 3. The fourth-order valence-electron chi connectivity index (χ4n) is 2.06. The third-order valence-corrected chi connectivity index (χ3v) is 3.05. The Morgan fingerprint density at radius 2 is 2.60 bits per heavy atom. The largest absolute Gasteiger partial charge is 0.379 e. The molecule has 1 aliphatic heterocycles. The summed E-state index contributed by atoms with van der Waals surface area (Å²) in [6.07, 6.45) is 7.00. The molecule has 2 N–H and O–H groups in total. The first kappa shape index (κ1) is 10.6. The summed E-state index contributed by atoms with van der Waals surface area (Å²) >= 11 is 0. The molecule has 1 aromatic rings. The van der Waals surface area contributed by atoms with Gasteiger partial charge < -0.3 is 15.0 Å². The van der Waals surface area contributed by atoms with Crippen LogP contribution < -0.4 is 5.73 Å². The monoisotopic (exact) mass is 209 g/mol. The second-order valence-corrected chi connectivity index (χ2v) is 4.11. The summed E-state index contributed by atoms with van der Waals surface area (Å²) in [6, 6.07) is 0.517. The molecule has 1 unspecified atom stereocenters. The average Bonchev–Trinajstić information content (AvgIpc) is 2.78. The third kappa shape index (κ3) is 2.21. The smallest absolute Gasteiger partial charge is 0.0952 e. The van der Waals surface area contributed by atoms with Crippen molar-refractivity contribution in [2.45, 2.75) is 38.3 Å². The van der Waals surface area contributed by atoms with Gasteiger partial charge in [0.05, 0.1) is 24.7 Å². The topological polar surface area (TPSA) is 53.1 Å². The molecule has 4 nitrogen and oxygen atoms in total. The Morgan fingerprint density at radius 1 is 1.73 bits per heavy atom. The minimum Gasteiger partial charge on any atom is -0.379 e. The zero-order valence-corrected chi connectivity index (χ0v) is 9.22. The van der Waals surface area contributed by atoms with Crippen molar-refractivity contribution in [2.24, 2.45) is 5.73 Å². The molecular formula is C11H19N3O. The van der Waals surface area contributed by atoms with E-state index in [4.69, 9.17) is 10.5 Å². The molecule has 2 atom stereocenters. The molecule has 0 saturated carbocycles. The minimum absolute atomic E-state index is 0.0921. The summed E-state index contributed by atoms with van der Waals surface area (Å²) in [6.45, 7) is 3.78. The van der Waals surface area contributed by atoms with Crippen LogP contribution in [0, 0.1) is 0 Å². The summed E-state index contributed by atoms with van der Waals surface area (Å²) < 4.78 is 7.67. The Morgan fingerprint density at radius 3 is 3.27 bits per heavy atom. The van der Waals surface area contributed by atoms with Gasteiger partial charge in [0.15, 0.2) is 0 Å². The van der Waals surface area contributed by atoms with Crippen LogP contribution in [0.25, 0.3) is 0 Å². The number of hydrogen-bond donors (Lipinski definition) is 1. The molecule has 1 saturated heterocycles. The number of nitrogens with zero attached hydrogens (tertiary/aromatic N) is 2. The van der Waals surface area contributed by atoms with E-state index in [2.05, 4.69) is 16.5 Å². The quantitative estimate of drug-likeness (QED) is 0.823. The van der Waals surface area contributed by atoms with Crippen LogP contribution in [-0.4, -0.2) is 22.8 Å². The first-order chi connectivity index (χ1) is 7.33. The summed E-state index contributed by atoms with van der Waals surface area (Å²) in [7, 11) is 0. The van der Waals surface area contributed by atoms with Crippen LogP contribution in [0.1, 0.15) is 44.0 Å². The fraction of sp³-hybridized carbons (Fsp3) is 0.727. The van der Waals surface area contributed by atoms with E-state index in [0.29, 0.717) is 6.04 Å². The predicted octanol–water partition coefficient (Wildman–Crippen LogP) is 1.64. The molecule has 84 valence electrons. The summed E-state index contributed by atoms with van der Waals surface area (Å²) in [4.78, 5) is 4.19. The molecule has 1 aliphatic rings. The standard InChI is InChI=1S/C11H19N3O/c1-2-10(12)11-6-13-8-14(11)9-4-3-5-15-7-9/h6,8-10H,2-5,7,12H2,1H3/t9?,10-/m1/s1. The third-order valence-electron chi connectivity index (χ3n) is 3.05. The van der Waals surface area contributed by atoms with Crippen LogP contribution in [0.2, 0.25) is 0 Å². The Kier molecular flexibility index (Phi) is 3.38. The van der Waals surface area contributed by atoms with Gasteiger partial charge in [-0.25, -0.2) is 4.98 Å². The molecule has 15 heavy (non-hydrogen) atoms. The highest BCUT2D eigenvalue weighted by molar-refractivity contribution is 5.06. The molecule has 2 heterocycles. The molecule has 0 spiro atoms. The van der Waals surface area contributed by atoms with E-state index in [1.807, 2.05) is 12.5 Å². The van der Waals surface area contributed by atoms with E-state index >= 15 is 0 Å². The lowest BCUT2D eigenvalue weighted by Gasteiger charge is -2.26. The SMILES string of the molecule is CC[C@@H](N)c1cncn1C1CCCOC1. The van der Waals surface area contributed by atoms with Gasteiger partial charge >= 0.3 is 0 Å². The lowest BCUT2D eigenvalue weighted by molar-refractivity contribution is 0.0579. The lowest BCUT2D eigenvalue weighted by Crippen LogP contribution is -2.24. The zero-order chi connectivity index (χ0) is 10.7. The van der Waals surface area contributed by atoms with E-state index in [9.17, 15) is 0 Å². The number of nitrogens with two attached hydrogens (primary N) is 1. The molecule has 4 heteroatoms. The van der Waals surface area contributed by atoms with Gasteiger partial charge in [-0.05, 0) is 19.3 Å². The number of ether oxygens (including phenoxy) is 1. The molecule has 0 bridgehead atoms. The van der Waals surface area contributed by atoms with Crippen molar-refractivity contribution in [1.82, 2.24) is 9.55 Å². The average molecular weight is 209 g/mol. The van der Waals surface area contributed by atoms with Gasteiger partial charge in [-0.15, -0.1) is 0 Å². The number of imidazole rings is 1. The normalized spacial score (nSPS) is 24.0. The molecule has 0 aliphatic carbocycles. The van der Waals surface area contributed by atoms with E-state index in [-0.39, 0.29) is 6.04 Å². The van der Waals surface area contributed by atoms with Crippen LogP contribution in [0.3, 0.4) is 0 Å². The lowest BCUT2D eigenvalue weighted by atomic mass is 10.1. The van der Waals surface area contributed by atoms with E-state index in [1.54, 1.807) is 0 Å². The maximum atomic E-state index is 6.04. The molecule has 0 amide bonds. The van der Waals surface area contributed by atoms with E-state index in [0.717, 1.165) is 31.7 Å². The molecule has 2 rings (SSSR count). The highest BCUT2D eigenvalue weighted by Gasteiger charge is 2.19. The number of aromatic nitrogens is 2. The van der Waals surface area contributed by atoms with Crippen molar-refractivity contribution in [3.8, 4) is 0 Å². The highest BCUT2D eigenvalue weighted by Crippen LogP contribution is 2.24. The van der Waals surface area contributed by atoms with Gasteiger partial charge in [0, 0.05) is 18.8 Å². The van der Waals surface area contributed by atoms with Gasteiger partial charge in [0.2, 0.25) is 0 Å². The van der Waals surface area contributed by atoms with E-state index < -0.39 is 0 Å². The molecule has 1 aromatic heterocycles. The second kappa shape index (κ2) is 4.77. The molecule has 0 radical (unpaired) electrons. The summed E-state index contributed by atoms with van der Waals surface area (Å²) in [5.74, 6) is 0. The summed E-state index contributed by atoms with van der Waals surface area (Å²) in [5.41, 5.74) is 7.18. The van der Waals surface area contributed by atoms with Crippen molar-refractivity contribution in [1.29, 1.82) is 0 Å². The predicted molar refractivity (Wildman–Crippen MR) is 58.5 cm³/mol. The zero-order valence-electron chi connectivity index (χ0n) is 9.22. The van der Waals surface area contributed by atoms with Crippen molar-refractivity contribution < 1.29 is 4.74 Å². The van der Waals surface area contributed by atoms with Crippen LogP contribution in [0.5, 0.6) is 0 Å². The van der Waals surface area contributed by atoms with Crippen LogP contribution in [0.4, 0.5) is 0 Å². The Balaban J connectivity index is 2.15. The van der Waals surface area contributed by atoms with Gasteiger partial charge in [-0.1, -0.05) is 6.92 Å². The van der Waals surface area contributed by atoms with Crippen molar-refractivity contribution in [2.75, 3.05) is 13.2 Å². The minimum atomic E-state index is 0.0921. The first-order valence-electron chi connectivity index (χ1n) is 5.68. The van der Waals surface area contributed by atoms with Gasteiger partial charge in [-0.2, -0.15) is 0 Å². The van der Waals surface area contributed by atoms with E-state index in [1.165, 1.54) is 6.42 Å². The second-order valence-electron chi connectivity index (χ2n) is 4.11. The molecule has 1 fully saturated rings. The van der Waals surface area contributed by atoms with Crippen LogP contribution >= 0.6 is 0 Å². The first-order valence-corrected chi connectivity index (χ1v) is 5.68. The van der Waals surface area contributed by atoms with Crippen molar-refractivity contribution in [3.63, 3.8) is 0 Å². The Labute approximate surface area is 90.4 Å². The molecule has 0 aromatic carbocycles. The van der Waals surface area contributed by atoms with Crippen LogP contribution in [0.15, 0.2) is 12.5 Å². The maximum absolute atomic E-state index is 6.04. The van der Waals surface area contributed by atoms with Crippen LogP contribution in [-0.2, 0) is 4.74 Å². The van der Waals surface area contributed by atoms with Gasteiger partial charge in [0.1, 0.15) is 0 Å². The Bertz CT molecular complexity index is 305. The number of hydrogen-bond acceptors (Lipinski definition) is 3. The van der Waals surface area contributed by atoms with Gasteiger partial charge in [-0.3, -0.25) is 0 Å². The Hall–Kier alpha value is -0.870. The summed E-state index contributed by atoms with van der Waals surface area (Å²) in [5, 5.41) is 0. The van der Waals surface area contributed by atoms with Crippen molar-refractivity contribution in [3.05, 3.63) is 18.2 Å². The maximum Gasteiger partial charge on any atom is 0.0952 e. The van der Waals surface area contributed by atoms with Crippen molar-refractivity contribution >= 4 is 0 Å².